The number of hydrogen-bond donors (Lipinski definition) is 0. The van der Waals surface area contributed by atoms with Crippen LogP contribution < -0.4 is 14.4 Å². The van der Waals surface area contributed by atoms with Crippen LogP contribution in [-0.4, -0.2) is 10.9 Å². The smallest absolute Gasteiger partial charge is 0.262 e. The molecule has 0 fully saturated rings. The van der Waals surface area contributed by atoms with Crippen molar-refractivity contribution in [1.29, 1.82) is 0 Å². The van der Waals surface area contributed by atoms with E-state index in [9.17, 15) is 4.79 Å². The minimum absolute atomic E-state index is 0.259. The Bertz CT molecular complexity index is 1550. The van der Waals surface area contributed by atoms with Crippen molar-refractivity contribution in [2.24, 2.45) is 0 Å². The van der Waals surface area contributed by atoms with Crippen LogP contribution in [0.15, 0.2) is 126 Å². The van der Waals surface area contributed by atoms with Gasteiger partial charge < -0.3 is 14.4 Å². The van der Waals surface area contributed by atoms with E-state index in [1.165, 1.54) is 0 Å². The molecule has 0 saturated heterocycles. The molecule has 0 aliphatic carbocycles. The second kappa shape index (κ2) is 13.3. The molecular weight excluding hydrogens is 588 g/mol. The number of amides is 1. The highest BCUT2D eigenvalue weighted by Crippen LogP contribution is 2.36. The molecule has 0 aliphatic heterocycles. The first-order valence-electron chi connectivity index (χ1n) is 12.7. The Kier molecular flexibility index (Phi) is 9.11. The van der Waals surface area contributed by atoms with Gasteiger partial charge in [-0.05, 0) is 53.1 Å². The zero-order valence-electron chi connectivity index (χ0n) is 21.5. The maximum atomic E-state index is 14.2. The Hall–Kier alpha value is -4.13. The molecule has 0 bridgehead atoms. The van der Waals surface area contributed by atoms with Crippen LogP contribution in [0.4, 0.5) is 5.69 Å². The quantitative estimate of drug-likeness (QED) is 0.158. The molecule has 40 heavy (non-hydrogen) atoms. The summed E-state index contributed by atoms with van der Waals surface area (Å²) in [5.41, 5.74) is 3.93. The number of ether oxygens (including phenoxy) is 2. The summed E-state index contributed by atoms with van der Waals surface area (Å²) in [5, 5.41) is 0.323. The molecule has 5 nitrogen and oxygen atoms in total. The molecule has 200 valence electrons. The van der Waals surface area contributed by atoms with Crippen LogP contribution in [-0.2, 0) is 19.8 Å². The van der Waals surface area contributed by atoms with E-state index in [0.717, 1.165) is 26.9 Å². The molecule has 4 aromatic carbocycles. The van der Waals surface area contributed by atoms with Gasteiger partial charge >= 0.3 is 0 Å². The van der Waals surface area contributed by atoms with E-state index < -0.39 is 0 Å². The Morgan fingerprint density at radius 1 is 0.750 bits per heavy atom. The van der Waals surface area contributed by atoms with Gasteiger partial charge in [0.2, 0.25) is 0 Å². The number of aromatic nitrogens is 1. The van der Waals surface area contributed by atoms with Crippen molar-refractivity contribution >= 4 is 39.1 Å². The van der Waals surface area contributed by atoms with Crippen LogP contribution in [0.5, 0.6) is 11.5 Å². The van der Waals surface area contributed by atoms with E-state index >= 15 is 0 Å². The van der Waals surface area contributed by atoms with Gasteiger partial charge in [0.25, 0.3) is 5.91 Å². The molecule has 0 aliphatic rings. The fourth-order valence-electron chi connectivity index (χ4n) is 4.12. The van der Waals surface area contributed by atoms with Crippen LogP contribution in [0.2, 0.25) is 5.02 Å². The van der Waals surface area contributed by atoms with Crippen molar-refractivity contribution in [3.8, 4) is 11.5 Å². The second-order valence-electron chi connectivity index (χ2n) is 9.06. The molecule has 0 N–H and O–H groups in total. The lowest BCUT2D eigenvalue weighted by atomic mass is 10.1. The molecule has 5 aromatic rings. The van der Waals surface area contributed by atoms with E-state index in [1.54, 1.807) is 29.4 Å². The Morgan fingerprint density at radius 3 is 1.95 bits per heavy atom. The maximum Gasteiger partial charge on any atom is 0.262 e. The Morgan fingerprint density at radius 2 is 1.35 bits per heavy atom. The summed E-state index contributed by atoms with van der Waals surface area (Å²) in [6.07, 6.45) is 3.46. The highest BCUT2D eigenvalue weighted by molar-refractivity contribution is 9.10. The van der Waals surface area contributed by atoms with Crippen LogP contribution >= 0.6 is 27.5 Å². The molecule has 0 spiro atoms. The van der Waals surface area contributed by atoms with Crippen molar-refractivity contribution in [1.82, 2.24) is 4.98 Å². The highest BCUT2D eigenvalue weighted by Gasteiger charge is 2.24. The number of nitrogens with zero attached hydrogens (tertiary/aromatic N) is 2. The van der Waals surface area contributed by atoms with Crippen molar-refractivity contribution in [2.75, 3.05) is 4.90 Å². The third kappa shape index (κ3) is 7.08. The summed E-state index contributed by atoms with van der Waals surface area (Å²) < 4.78 is 13.2. The van der Waals surface area contributed by atoms with Gasteiger partial charge in [0, 0.05) is 28.6 Å². The number of anilines is 1. The van der Waals surface area contributed by atoms with E-state index in [2.05, 4.69) is 20.9 Å². The molecule has 5 rings (SSSR count). The third-order valence-electron chi connectivity index (χ3n) is 6.19. The predicted molar refractivity (Wildman–Crippen MR) is 162 cm³/mol. The van der Waals surface area contributed by atoms with Crippen molar-refractivity contribution in [3.05, 3.63) is 153 Å². The van der Waals surface area contributed by atoms with E-state index in [0.29, 0.717) is 35.2 Å². The van der Waals surface area contributed by atoms with Crippen LogP contribution in [0.1, 0.15) is 27.0 Å². The minimum Gasteiger partial charge on any atom is -0.488 e. The summed E-state index contributed by atoms with van der Waals surface area (Å²) >= 11 is 10.2. The number of hydrogen-bond acceptors (Lipinski definition) is 4. The lowest BCUT2D eigenvalue weighted by Crippen LogP contribution is -2.31. The zero-order valence-corrected chi connectivity index (χ0v) is 23.9. The predicted octanol–water partition coefficient (Wildman–Crippen LogP) is 8.50. The van der Waals surface area contributed by atoms with Gasteiger partial charge in [-0.15, -0.1) is 0 Å². The van der Waals surface area contributed by atoms with Gasteiger partial charge in [-0.2, -0.15) is 0 Å². The normalized spacial score (nSPS) is 10.7. The number of carbonyl (C=O) groups excluding carboxylic acids is 1. The molecular formula is C33H26BrClN2O3. The van der Waals surface area contributed by atoms with Crippen molar-refractivity contribution < 1.29 is 14.3 Å². The Labute approximate surface area is 247 Å². The standard InChI is InChI=1S/C33H26BrClN2O3/c34-27-13-15-28(16-14-27)37(21-26-12-7-17-36-20-26)33(38)29-18-30(35)32(40-23-25-10-5-2-6-11-25)19-31(29)39-22-24-8-3-1-4-9-24/h1-20H,21-23H2. The van der Waals surface area contributed by atoms with Crippen LogP contribution in [0.3, 0.4) is 0 Å². The average Bonchev–Trinajstić information content (AvgIpc) is 3.00. The lowest BCUT2D eigenvalue weighted by molar-refractivity contribution is 0.0980. The highest BCUT2D eigenvalue weighted by atomic mass is 79.9. The SMILES string of the molecule is O=C(c1cc(Cl)c(OCc2ccccc2)cc1OCc1ccccc1)N(Cc1cccnc1)c1ccc(Br)cc1. The number of carbonyl (C=O) groups is 1. The second-order valence-corrected chi connectivity index (χ2v) is 10.4. The first-order chi connectivity index (χ1) is 19.6. The first-order valence-corrected chi connectivity index (χ1v) is 13.9. The first kappa shape index (κ1) is 27.4. The fourth-order valence-corrected chi connectivity index (χ4v) is 4.61. The summed E-state index contributed by atoms with van der Waals surface area (Å²) in [4.78, 5) is 20.1. The van der Waals surface area contributed by atoms with Gasteiger partial charge in [-0.1, -0.05) is 94.3 Å². The molecule has 7 heteroatoms. The number of benzene rings is 4. The molecule has 1 heterocycles. The summed E-state index contributed by atoms with van der Waals surface area (Å²) in [6.45, 7) is 0.927. The van der Waals surface area contributed by atoms with Crippen LogP contribution in [0.25, 0.3) is 0 Å². The van der Waals surface area contributed by atoms with Crippen molar-refractivity contribution in [3.63, 3.8) is 0 Å². The molecule has 0 atom stereocenters. The lowest BCUT2D eigenvalue weighted by Gasteiger charge is -2.25. The summed E-state index contributed by atoms with van der Waals surface area (Å²) in [5.74, 6) is 0.563. The summed E-state index contributed by atoms with van der Waals surface area (Å²) in [7, 11) is 0. The topological polar surface area (TPSA) is 51.7 Å². The average molecular weight is 614 g/mol. The van der Waals surface area contributed by atoms with E-state index in [4.69, 9.17) is 21.1 Å². The van der Waals surface area contributed by atoms with E-state index in [1.807, 2.05) is 97.1 Å². The van der Waals surface area contributed by atoms with E-state index in [-0.39, 0.29) is 12.5 Å². The molecule has 0 unspecified atom stereocenters. The van der Waals surface area contributed by atoms with Gasteiger partial charge in [0.15, 0.2) is 0 Å². The largest absolute Gasteiger partial charge is 0.488 e. The molecule has 0 saturated carbocycles. The van der Waals surface area contributed by atoms with Crippen LogP contribution in [0, 0.1) is 0 Å². The molecule has 1 amide bonds. The minimum atomic E-state index is -0.259. The van der Waals surface area contributed by atoms with Gasteiger partial charge in [-0.25, -0.2) is 0 Å². The Balaban J connectivity index is 1.51. The third-order valence-corrected chi connectivity index (χ3v) is 7.01. The summed E-state index contributed by atoms with van der Waals surface area (Å²) in [6, 6.07) is 34.3. The monoisotopic (exact) mass is 612 g/mol. The van der Waals surface area contributed by atoms with Gasteiger partial charge in [-0.3, -0.25) is 9.78 Å². The van der Waals surface area contributed by atoms with Gasteiger partial charge in [0.1, 0.15) is 24.7 Å². The molecule has 1 aromatic heterocycles. The number of halogens is 2. The number of rotatable bonds is 10. The number of pyridine rings is 1. The van der Waals surface area contributed by atoms with Gasteiger partial charge in [0.05, 0.1) is 17.1 Å². The zero-order chi connectivity index (χ0) is 27.7. The fraction of sp³-hybridized carbons (Fsp3) is 0.0909. The van der Waals surface area contributed by atoms with Crippen molar-refractivity contribution in [2.45, 2.75) is 19.8 Å². The maximum absolute atomic E-state index is 14.2. The molecule has 0 radical (unpaired) electrons.